The number of hydrogen-bond acceptors (Lipinski definition) is 7. The van der Waals surface area contributed by atoms with Crippen LogP contribution >= 0.6 is 0 Å². The minimum absolute atomic E-state index is 0.0175. The minimum Gasteiger partial charge on any atom is -0.367 e. The molecule has 1 unspecified atom stereocenters. The summed E-state index contributed by atoms with van der Waals surface area (Å²) in [6, 6.07) is 11.6. The first kappa shape index (κ1) is 24.8. The molecule has 1 fully saturated rings. The van der Waals surface area contributed by atoms with Gasteiger partial charge in [-0.15, -0.1) is 0 Å². The third-order valence-corrected chi connectivity index (χ3v) is 7.61. The first-order valence-electron chi connectivity index (χ1n) is 11.9. The normalized spacial score (nSPS) is 17.8. The number of sulfone groups is 1. The fraction of sp³-hybridized carbons (Fsp3) is 0.308. The van der Waals surface area contributed by atoms with Gasteiger partial charge in [0, 0.05) is 73.2 Å². The maximum Gasteiger partial charge on any atom is 0.254 e. The van der Waals surface area contributed by atoms with E-state index in [9.17, 15) is 22.4 Å². The Kier molecular flexibility index (Phi) is 6.40. The van der Waals surface area contributed by atoms with E-state index in [2.05, 4.69) is 14.9 Å². The van der Waals surface area contributed by atoms with Crippen molar-refractivity contribution in [3.05, 3.63) is 71.8 Å². The lowest BCUT2D eigenvalue weighted by Gasteiger charge is -2.42. The van der Waals surface area contributed by atoms with Crippen molar-refractivity contribution in [2.75, 3.05) is 37.3 Å². The molecular formula is C26H26FN5O4S. The van der Waals surface area contributed by atoms with Crippen LogP contribution in [0.15, 0.2) is 60.0 Å². The summed E-state index contributed by atoms with van der Waals surface area (Å²) in [5.41, 5.74) is 3.33. The van der Waals surface area contributed by atoms with Gasteiger partial charge >= 0.3 is 0 Å². The highest BCUT2D eigenvalue weighted by Crippen LogP contribution is 2.33. The van der Waals surface area contributed by atoms with Crippen LogP contribution in [0.2, 0.25) is 0 Å². The third-order valence-electron chi connectivity index (χ3n) is 6.74. The van der Waals surface area contributed by atoms with E-state index >= 15 is 0 Å². The predicted octanol–water partition coefficient (Wildman–Crippen LogP) is 2.38. The highest BCUT2D eigenvalue weighted by atomic mass is 32.2. The van der Waals surface area contributed by atoms with Crippen LogP contribution in [0.25, 0.3) is 11.1 Å². The molecule has 0 radical (unpaired) electrons. The summed E-state index contributed by atoms with van der Waals surface area (Å²) < 4.78 is 37.6. The van der Waals surface area contributed by atoms with Crippen molar-refractivity contribution in [2.24, 2.45) is 0 Å². The molecule has 0 bridgehead atoms. The largest absolute Gasteiger partial charge is 0.367 e. The van der Waals surface area contributed by atoms with Crippen LogP contribution in [0.5, 0.6) is 0 Å². The number of halogens is 1. The van der Waals surface area contributed by atoms with Gasteiger partial charge in [-0.3, -0.25) is 9.59 Å². The van der Waals surface area contributed by atoms with E-state index in [0.29, 0.717) is 42.9 Å². The van der Waals surface area contributed by atoms with Crippen LogP contribution in [0.4, 0.5) is 10.1 Å². The minimum atomic E-state index is -3.56. The second-order valence-corrected chi connectivity index (χ2v) is 11.3. The summed E-state index contributed by atoms with van der Waals surface area (Å²) in [5, 5.41) is -0.297. The number of carbonyl (C=O) groups is 2. The van der Waals surface area contributed by atoms with Crippen LogP contribution in [0.3, 0.4) is 0 Å². The Hall–Kier alpha value is -3.86. The molecule has 3 heterocycles. The van der Waals surface area contributed by atoms with Gasteiger partial charge in [0.25, 0.3) is 5.91 Å². The number of nitrogens with zero attached hydrogens (tertiary/aromatic N) is 5. The lowest BCUT2D eigenvalue weighted by molar-refractivity contribution is -0.134. The Balaban J connectivity index is 1.30. The van der Waals surface area contributed by atoms with Crippen molar-refractivity contribution in [3.63, 3.8) is 0 Å². The number of aromatic nitrogens is 2. The maximum atomic E-state index is 14.2. The Morgan fingerprint density at radius 3 is 2.49 bits per heavy atom. The molecule has 192 valence electrons. The average molecular weight is 524 g/mol. The second-order valence-electron chi connectivity index (χ2n) is 9.39. The smallest absolute Gasteiger partial charge is 0.254 e. The molecule has 11 heteroatoms. The molecule has 2 aliphatic rings. The molecule has 2 aliphatic heterocycles. The molecule has 9 nitrogen and oxygen atoms in total. The van der Waals surface area contributed by atoms with E-state index in [4.69, 9.17) is 0 Å². The fourth-order valence-corrected chi connectivity index (χ4v) is 5.39. The maximum absolute atomic E-state index is 14.2. The summed E-state index contributed by atoms with van der Waals surface area (Å²) in [6.45, 7) is 3.83. The Morgan fingerprint density at radius 2 is 1.81 bits per heavy atom. The van der Waals surface area contributed by atoms with Crippen molar-refractivity contribution in [3.8, 4) is 11.1 Å². The van der Waals surface area contributed by atoms with Crippen molar-refractivity contribution in [2.45, 2.75) is 24.7 Å². The standard InChI is InChI=1S/C26H26FN5O4S/c1-17-14-30(9-10-32(17)24(33)16-31-15-18-5-3-4-6-21(18)25(31)34)23-8-7-20(27)11-22(23)19-12-28-26(29-13-19)37(2,35)36/h3-8,11-13,17H,9-10,14-16H2,1-2H3. The summed E-state index contributed by atoms with van der Waals surface area (Å²) in [5.74, 6) is -0.684. The number of amides is 2. The highest BCUT2D eigenvalue weighted by molar-refractivity contribution is 7.90. The number of piperazine rings is 1. The molecule has 37 heavy (non-hydrogen) atoms. The average Bonchev–Trinajstić information content (AvgIpc) is 3.18. The van der Waals surface area contributed by atoms with Gasteiger partial charge in [0.1, 0.15) is 12.4 Å². The molecule has 0 aliphatic carbocycles. The Labute approximate surface area is 214 Å². The van der Waals surface area contributed by atoms with Gasteiger partial charge in [0.05, 0.1) is 0 Å². The molecule has 2 aromatic carbocycles. The number of fused-ring (bicyclic) bond motifs is 1. The first-order valence-corrected chi connectivity index (χ1v) is 13.7. The van der Waals surface area contributed by atoms with E-state index < -0.39 is 15.7 Å². The first-order chi connectivity index (χ1) is 17.6. The molecule has 1 aromatic heterocycles. The molecule has 0 N–H and O–H groups in total. The Bertz CT molecular complexity index is 1480. The van der Waals surface area contributed by atoms with E-state index in [1.165, 1.54) is 24.5 Å². The monoisotopic (exact) mass is 523 g/mol. The molecule has 2 amide bonds. The molecular weight excluding hydrogens is 497 g/mol. The number of benzene rings is 2. The van der Waals surface area contributed by atoms with Crippen molar-refractivity contribution in [1.29, 1.82) is 0 Å². The second kappa shape index (κ2) is 9.55. The number of carbonyl (C=O) groups excluding carboxylic acids is 2. The van der Waals surface area contributed by atoms with Crippen LogP contribution < -0.4 is 4.90 Å². The van der Waals surface area contributed by atoms with E-state index in [1.54, 1.807) is 21.9 Å². The van der Waals surface area contributed by atoms with Gasteiger partial charge in [-0.1, -0.05) is 18.2 Å². The summed E-state index contributed by atoms with van der Waals surface area (Å²) in [6.07, 6.45) is 3.77. The fourth-order valence-electron chi connectivity index (χ4n) is 4.91. The molecule has 0 saturated carbocycles. The summed E-state index contributed by atoms with van der Waals surface area (Å²) >= 11 is 0. The van der Waals surface area contributed by atoms with Crippen LogP contribution in [0.1, 0.15) is 22.8 Å². The van der Waals surface area contributed by atoms with E-state index in [-0.39, 0.29) is 29.6 Å². The third kappa shape index (κ3) is 4.91. The Morgan fingerprint density at radius 1 is 1.08 bits per heavy atom. The van der Waals surface area contributed by atoms with Gasteiger partial charge in [-0.2, -0.15) is 0 Å². The molecule has 5 rings (SSSR count). The molecule has 1 atom stereocenters. The molecule has 3 aromatic rings. The number of hydrogen-bond donors (Lipinski definition) is 0. The van der Waals surface area contributed by atoms with Crippen molar-refractivity contribution in [1.82, 2.24) is 19.8 Å². The zero-order valence-corrected chi connectivity index (χ0v) is 21.3. The molecule has 0 spiro atoms. The zero-order chi connectivity index (χ0) is 26.3. The van der Waals surface area contributed by atoms with Gasteiger partial charge in [-0.05, 0) is 36.8 Å². The van der Waals surface area contributed by atoms with Crippen LogP contribution in [-0.4, -0.2) is 78.5 Å². The van der Waals surface area contributed by atoms with E-state index in [0.717, 1.165) is 17.5 Å². The van der Waals surface area contributed by atoms with Gasteiger partial charge in [0.2, 0.25) is 20.9 Å². The molecule has 1 saturated heterocycles. The predicted molar refractivity (Wildman–Crippen MR) is 135 cm³/mol. The number of anilines is 1. The van der Waals surface area contributed by atoms with Crippen LogP contribution in [0, 0.1) is 5.82 Å². The van der Waals surface area contributed by atoms with Crippen LogP contribution in [-0.2, 0) is 21.2 Å². The van der Waals surface area contributed by atoms with Crippen molar-refractivity contribution < 1.29 is 22.4 Å². The quantitative estimate of drug-likeness (QED) is 0.473. The zero-order valence-electron chi connectivity index (χ0n) is 20.5. The SMILES string of the molecule is CC1CN(c2ccc(F)cc2-c2cnc(S(C)(=O)=O)nc2)CCN1C(=O)CN1Cc2ccccc2C1=O. The topological polar surface area (TPSA) is 104 Å². The van der Waals surface area contributed by atoms with E-state index in [1.807, 2.05) is 25.1 Å². The highest BCUT2D eigenvalue weighted by Gasteiger charge is 2.33. The number of rotatable bonds is 5. The van der Waals surface area contributed by atoms with Crippen molar-refractivity contribution >= 4 is 27.3 Å². The van der Waals surface area contributed by atoms with Gasteiger partial charge in [-0.25, -0.2) is 22.8 Å². The summed E-state index contributed by atoms with van der Waals surface area (Å²) in [7, 11) is -3.56. The lowest BCUT2D eigenvalue weighted by atomic mass is 10.0. The lowest BCUT2D eigenvalue weighted by Crippen LogP contribution is -2.56. The van der Waals surface area contributed by atoms with Gasteiger partial charge in [0.15, 0.2) is 0 Å². The van der Waals surface area contributed by atoms with Gasteiger partial charge < -0.3 is 14.7 Å². The summed E-state index contributed by atoms with van der Waals surface area (Å²) in [4.78, 5) is 39.1.